The number of benzene rings is 3. The number of fused-ring (bicyclic) bond motifs is 6. The largest absolute Gasteiger partial charge is 0.508 e. The van der Waals surface area contributed by atoms with E-state index in [9.17, 15) is 15.0 Å². The molecular weight excluding hydrogens is 450 g/mol. The second kappa shape index (κ2) is 10.2. The Morgan fingerprint density at radius 3 is 2.03 bits per heavy atom. The van der Waals surface area contributed by atoms with E-state index in [4.69, 9.17) is 19.7 Å². The maximum absolute atomic E-state index is 13.1. The third-order valence-corrected chi connectivity index (χ3v) is 5.96. The van der Waals surface area contributed by atoms with Gasteiger partial charge in [-0.25, -0.2) is 4.79 Å². The van der Waals surface area contributed by atoms with Gasteiger partial charge in [0.15, 0.2) is 5.60 Å². The van der Waals surface area contributed by atoms with Crippen LogP contribution in [0.15, 0.2) is 54.6 Å². The monoisotopic (exact) mass is 479 g/mol. The number of hydrogen-bond donors (Lipinski definition) is 5. The van der Waals surface area contributed by atoms with Gasteiger partial charge in [0.25, 0.3) is 0 Å². The van der Waals surface area contributed by atoms with Gasteiger partial charge in [-0.05, 0) is 43.2 Å². The Morgan fingerprint density at radius 2 is 1.49 bits per heavy atom. The van der Waals surface area contributed by atoms with E-state index in [1.807, 2.05) is 18.2 Å². The first-order valence-electron chi connectivity index (χ1n) is 11.6. The van der Waals surface area contributed by atoms with E-state index >= 15 is 0 Å². The smallest absolute Gasteiger partial charge is 0.342 e. The van der Waals surface area contributed by atoms with Crippen LogP contribution in [0.3, 0.4) is 0 Å². The Labute approximate surface area is 203 Å². The summed E-state index contributed by atoms with van der Waals surface area (Å²) >= 11 is 0. The predicted octanol–water partition coefficient (Wildman–Crippen LogP) is 4.24. The fourth-order valence-electron chi connectivity index (χ4n) is 4.36. The van der Waals surface area contributed by atoms with Crippen LogP contribution in [0.25, 0.3) is 0 Å². The molecule has 8 nitrogen and oxygen atoms in total. The van der Waals surface area contributed by atoms with Gasteiger partial charge in [0, 0.05) is 54.3 Å². The fraction of sp³-hybridized carbons (Fsp3) is 0.296. The van der Waals surface area contributed by atoms with Crippen molar-refractivity contribution in [3.63, 3.8) is 0 Å². The van der Waals surface area contributed by atoms with Gasteiger partial charge in [0.05, 0.1) is 5.56 Å². The van der Waals surface area contributed by atoms with E-state index in [0.717, 1.165) is 25.1 Å². The molecule has 0 saturated carbocycles. The zero-order chi connectivity index (χ0) is 25.0. The van der Waals surface area contributed by atoms with Crippen molar-refractivity contribution in [1.29, 1.82) is 0 Å². The van der Waals surface area contributed by atoms with Gasteiger partial charge in [-0.3, -0.25) is 0 Å². The number of aromatic hydroxyl groups is 2. The number of anilines is 1. The van der Waals surface area contributed by atoms with Crippen molar-refractivity contribution < 1.29 is 34.7 Å². The van der Waals surface area contributed by atoms with Crippen molar-refractivity contribution in [2.75, 3.05) is 25.1 Å². The highest BCUT2D eigenvalue weighted by Crippen LogP contribution is 2.57. The Balaban J connectivity index is 0.000000527. The summed E-state index contributed by atoms with van der Waals surface area (Å²) in [5.74, 6) is 0.389. The molecule has 184 valence electrons. The van der Waals surface area contributed by atoms with Gasteiger partial charge >= 0.3 is 5.97 Å². The number of carbonyl (C=O) groups is 1. The molecular formula is C27H29NO7. The zero-order valence-electron chi connectivity index (χ0n) is 19.5. The lowest BCUT2D eigenvalue weighted by molar-refractivity contribution is 0.0224. The molecule has 2 heterocycles. The van der Waals surface area contributed by atoms with Gasteiger partial charge in [-0.2, -0.15) is 0 Å². The van der Waals surface area contributed by atoms with E-state index in [-0.39, 0.29) is 24.7 Å². The van der Waals surface area contributed by atoms with Gasteiger partial charge in [0.1, 0.15) is 23.0 Å². The summed E-state index contributed by atoms with van der Waals surface area (Å²) in [4.78, 5) is 13.1. The highest BCUT2D eigenvalue weighted by atomic mass is 16.6. The number of carbonyl (C=O) groups excluding carboxylic acids is 1. The highest BCUT2D eigenvalue weighted by Gasteiger charge is 2.54. The summed E-state index contributed by atoms with van der Waals surface area (Å²) in [7, 11) is 0. The van der Waals surface area contributed by atoms with E-state index in [1.165, 1.54) is 12.1 Å². The molecule has 0 aliphatic carbocycles. The third kappa shape index (κ3) is 4.38. The molecule has 0 saturated heterocycles. The van der Waals surface area contributed by atoms with Crippen LogP contribution < -0.4 is 10.1 Å². The maximum atomic E-state index is 13.1. The Bertz CT molecular complexity index is 1170. The SMILES string of the molecule is CCCCNc1cccc2c1C(=O)OC21c2ccc(O)cc2Oc2cc(O)ccc21.OCCCO. The third-order valence-electron chi connectivity index (χ3n) is 5.96. The quantitative estimate of drug-likeness (QED) is 0.262. The summed E-state index contributed by atoms with van der Waals surface area (Å²) in [6, 6.07) is 15.1. The van der Waals surface area contributed by atoms with Gasteiger partial charge in [-0.15, -0.1) is 0 Å². The van der Waals surface area contributed by atoms with Crippen LogP contribution in [0.2, 0.25) is 0 Å². The summed E-state index contributed by atoms with van der Waals surface area (Å²) < 4.78 is 12.1. The van der Waals surface area contributed by atoms with Crippen molar-refractivity contribution >= 4 is 11.7 Å². The average Bonchev–Trinajstić information content (AvgIpc) is 3.13. The van der Waals surface area contributed by atoms with Gasteiger partial charge in [-0.1, -0.05) is 25.5 Å². The van der Waals surface area contributed by atoms with E-state index in [2.05, 4.69) is 12.2 Å². The van der Waals surface area contributed by atoms with Crippen LogP contribution in [0.1, 0.15) is 53.2 Å². The first kappa shape index (κ1) is 24.4. The standard InChI is InChI=1S/C24H21NO5.C3H8O2/c1-2-3-11-25-19-6-4-5-18-22(19)23(28)30-24(18)16-9-7-14(26)12-20(16)29-21-13-15(27)8-10-17(21)24;4-2-1-3-5/h4-10,12-13,25-27H,2-3,11H2,1H3;4-5H,1-3H2. The normalized spacial score (nSPS) is 14.1. The minimum atomic E-state index is -1.22. The van der Waals surface area contributed by atoms with Crippen LogP contribution in [-0.2, 0) is 10.3 Å². The van der Waals surface area contributed by atoms with Crippen LogP contribution >= 0.6 is 0 Å². The second-order valence-electron chi connectivity index (χ2n) is 8.34. The number of ether oxygens (including phenoxy) is 2. The molecule has 0 radical (unpaired) electrons. The number of nitrogens with one attached hydrogen (secondary N) is 1. The van der Waals surface area contributed by atoms with E-state index < -0.39 is 11.6 Å². The minimum Gasteiger partial charge on any atom is -0.508 e. The number of phenolic OH excluding ortho intramolecular Hbond substituents is 2. The first-order valence-corrected chi connectivity index (χ1v) is 11.6. The molecule has 0 amide bonds. The highest BCUT2D eigenvalue weighted by molar-refractivity contribution is 6.02. The average molecular weight is 480 g/mol. The summed E-state index contributed by atoms with van der Waals surface area (Å²) in [5.41, 5.74) is 1.95. The molecule has 2 aliphatic rings. The molecule has 0 unspecified atom stereocenters. The molecule has 5 N–H and O–H groups in total. The van der Waals surface area contributed by atoms with E-state index in [1.54, 1.807) is 24.3 Å². The van der Waals surface area contributed by atoms with Crippen LogP contribution in [0, 0.1) is 0 Å². The lowest BCUT2D eigenvalue weighted by atomic mass is 9.77. The lowest BCUT2D eigenvalue weighted by Gasteiger charge is -2.36. The minimum absolute atomic E-state index is 0.0343. The molecule has 0 atom stereocenters. The Kier molecular flexibility index (Phi) is 7.14. The summed E-state index contributed by atoms with van der Waals surface area (Å²) in [5, 5.41) is 39.1. The first-order chi connectivity index (χ1) is 17.0. The summed E-state index contributed by atoms with van der Waals surface area (Å²) in [6.45, 7) is 3.05. The number of unbranched alkanes of at least 4 members (excludes halogenated alkanes) is 1. The topological polar surface area (TPSA) is 128 Å². The summed E-state index contributed by atoms with van der Waals surface area (Å²) in [6.07, 6.45) is 2.53. The van der Waals surface area contributed by atoms with Crippen LogP contribution in [0.4, 0.5) is 5.69 Å². The zero-order valence-corrected chi connectivity index (χ0v) is 19.5. The predicted molar refractivity (Wildman–Crippen MR) is 130 cm³/mol. The Hall–Kier alpha value is -3.75. The number of aliphatic hydroxyl groups is 2. The van der Waals surface area contributed by atoms with Gasteiger partial charge < -0.3 is 35.2 Å². The Morgan fingerprint density at radius 1 is 0.857 bits per heavy atom. The number of phenols is 2. The number of hydrogen-bond acceptors (Lipinski definition) is 8. The number of esters is 1. The molecule has 0 bridgehead atoms. The number of aliphatic hydroxyl groups excluding tert-OH is 2. The molecule has 5 rings (SSSR count). The van der Waals surface area contributed by atoms with Crippen LogP contribution in [-0.4, -0.2) is 46.2 Å². The molecule has 8 heteroatoms. The fourth-order valence-corrected chi connectivity index (χ4v) is 4.36. The second-order valence-corrected chi connectivity index (χ2v) is 8.34. The van der Waals surface area contributed by atoms with Crippen molar-refractivity contribution in [3.05, 3.63) is 76.9 Å². The van der Waals surface area contributed by atoms with E-state index in [0.29, 0.717) is 40.2 Å². The van der Waals surface area contributed by atoms with Crippen molar-refractivity contribution in [2.45, 2.75) is 31.8 Å². The lowest BCUT2D eigenvalue weighted by Crippen LogP contribution is -2.32. The van der Waals surface area contributed by atoms with Crippen LogP contribution in [0.5, 0.6) is 23.0 Å². The maximum Gasteiger partial charge on any atom is 0.342 e. The van der Waals surface area contributed by atoms with Gasteiger partial charge in [0.2, 0.25) is 0 Å². The molecule has 3 aromatic rings. The molecule has 0 aromatic heterocycles. The van der Waals surface area contributed by atoms with Crippen molar-refractivity contribution in [2.24, 2.45) is 0 Å². The van der Waals surface area contributed by atoms with Crippen molar-refractivity contribution in [3.8, 4) is 23.0 Å². The molecule has 35 heavy (non-hydrogen) atoms. The number of rotatable bonds is 6. The molecule has 1 spiro atoms. The molecule has 3 aromatic carbocycles. The molecule has 0 fully saturated rings. The molecule has 2 aliphatic heterocycles. The van der Waals surface area contributed by atoms with Crippen molar-refractivity contribution in [1.82, 2.24) is 0 Å².